The summed E-state index contributed by atoms with van der Waals surface area (Å²) < 4.78 is 17.1. The fraction of sp³-hybridized carbons (Fsp3) is 0.310. The van der Waals surface area contributed by atoms with Crippen LogP contribution in [0.5, 0.6) is 17.2 Å². The van der Waals surface area contributed by atoms with E-state index in [1.807, 2.05) is 6.07 Å². The minimum absolute atomic E-state index is 0.218. The van der Waals surface area contributed by atoms with Gasteiger partial charge in [0.05, 0.1) is 26.9 Å². The molecule has 33 heavy (non-hydrogen) atoms. The van der Waals surface area contributed by atoms with E-state index in [1.165, 1.54) is 22.4 Å². The average molecular weight is 442 g/mol. The molecule has 2 aliphatic rings. The average Bonchev–Trinajstić information content (AvgIpc) is 3.37. The van der Waals surface area contributed by atoms with Crippen LogP contribution in [0.4, 0.5) is 5.69 Å². The quantitative estimate of drug-likeness (QED) is 0.318. The number of anilines is 1. The van der Waals surface area contributed by atoms with Gasteiger partial charge in [-0.15, -0.1) is 0 Å². The van der Waals surface area contributed by atoms with Gasteiger partial charge in [-0.05, 0) is 72.2 Å². The fourth-order valence-corrected chi connectivity index (χ4v) is 5.15. The topological polar surface area (TPSA) is 39.7 Å². The van der Waals surface area contributed by atoms with Crippen molar-refractivity contribution in [2.24, 2.45) is 5.92 Å². The molecule has 0 fully saturated rings. The van der Waals surface area contributed by atoms with Crippen LogP contribution in [0.2, 0.25) is 0 Å². The van der Waals surface area contributed by atoms with E-state index in [-0.39, 0.29) is 6.04 Å². The van der Waals surface area contributed by atoms with Crippen molar-refractivity contribution in [1.82, 2.24) is 0 Å². The van der Waals surface area contributed by atoms with Crippen molar-refractivity contribution in [2.75, 3.05) is 26.1 Å². The molecule has 3 unspecified atom stereocenters. The highest BCUT2D eigenvalue weighted by Gasteiger charge is 2.38. The lowest BCUT2D eigenvalue weighted by molar-refractivity contribution is 0.310. The van der Waals surface area contributed by atoms with Crippen LogP contribution in [-0.4, -0.2) is 20.8 Å². The van der Waals surface area contributed by atoms with Crippen LogP contribution in [0.1, 0.15) is 41.5 Å². The van der Waals surface area contributed by atoms with Crippen molar-refractivity contribution in [1.29, 1.82) is 0 Å². The molecule has 170 valence electrons. The standard InChI is InChI=1S/C29H31NO3/c1-31-27-16-13-21(18-28(27)32-2)29-24-12-6-11-23(24)25-19-22(14-15-26(25)30-29)33-17-7-10-20-8-4-3-5-9-20/h3-6,8-9,11,13-16,18-19,23-24,29-30H,7,10,12,17H2,1-2H3. The fourth-order valence-electron chi connectivity index (χ4n) is 5.15. The molecule has 3 aromatic rings. The van der Waals surface area contributed by atoms with Crippen LogP contribution in [-0.2, 0) is 6.42 Å². The Morgan fingerprint density at radius 3 is 2.58 bits per heavy atom. The first kappa shape index (κ1) is 21.4. The number of nitrogens with one attached hydrogen (secondary N) is 1. The van der Waals surface area contributed by atoms with Gasteiger partial charge in [-0.3, -0.25) is 0 Å². The highest BCUT2D eigenvalue weighted by molar-refractivity contribution is 5.62. The van der Waals surface area contributed by atoms with Crippen molar-refractivity contribution < 1.29 is 14.2 Å². The summed E-state index contributed by atoms with van der Waals surface area (Å²) in [5.41, 5.74) is 5.08. The van der Waals surface area contributed by atoms with Crippen molar-refractivity contribution in [2.45, 2.75) is 31.2 Å². The van der Waals surface area contributed by atoms with E-state index < -0.39 is 0 Å². The van der Waals surface area contributed by atoms with E-state index in [2.05, 4.69) is 78.1 Å². The predicted molar refractivity (Wildman–Crippen MR) is 133 cm³/mol. The summed E-state index contributed by atoms with van der Waals surface area (Å²) in [6.07, 6.45) is 7.77. The van der Waals surface area contributed by atoms with E-state index in [1.54, 1.807) is 14.2 Å². The first-order valence-electron chi connectivity index (χ1n) is 11.7. The molecule has 4 nitrogen and oxygen atoms in total. The maximum absolute atomic E-state index is 6.13. The minimum atomic E-state index is 0.218. The number of hydrogen-bond donors (Lipinski definition) is 1. The maximum atomic E-state index is 6.13. The van der Waals surface area contributed by atoms with Gasteiger partial charge >= 0.3 is 0 Å². The van der Waals surface area contributed by atoms with Crippen molar-refractivity contribution >= 4 is 5.69 Å². The molecule has 0 saturated carbocycles. The molecule has 0 spiro atoms. The van der Waals surface area contributed by atoms with Gasteiger partial charge in [0.25, 0.3) is 0 Å². The molecule has 0 amide bonds. The second-order valence-corrected chi connectivity index (χ2v) is 8.78. The third-order valence-corrected chi connectivity index (χ3v) is 6.82. The smallest absolute Gasteiger partial charge is 0.161 e. The molecule has 3 aromatic carbocycles. The zero-order valence-electron chi connectivity index (χ0n) is 19.3. The first-order valence-corrected chi connectivity index (χ1v) is 11.7. The molecular formula is C29H31NO3. The Morgan fingerprint density at radius 2 is 1.76 bits per heavy atom. The van der Waals surface area contributed by atoms with Crippen LogP contribution in [0.15, 0.2) is 78.9 Å². The molecule has 1 N–H and O–H groups in total. The Morgan fingerprint density at radius 1 is 0.909 bits per heavy atom. The van der Waals surface area contributed by atoms with Gasteiger partial charge in [-0.25, -0.2) is 0 Å². The number of benzene rings is 3. The lowest BCUT2D eigenvalue weighted by atomic mass is 9.77. The van der Waals surface area contributed by atoms with E-state index in [0.29, 0.717) is 11.8 Å². The van der Waals surface area contributed by atoms with Gasteiger partial charge in [0, 0.05) is 11.6 Å². The third-order valence-electron chi connectivity index (χ3n) is 6.82. The summed E-state index contributed by atoms with van der Waals surface area (Å²) in [4.78, 5) is 0. The predicted octanol–water partition coefficient (Wildman–Crippen LogP) is 6.54. The van der Waals surface area contributed by atoms with Crippen molar-refractivity contribution in [3.05, 3.63) is 95.6 Å². The Bertz CT molecular complexity index is 1120. The number of allylic oxidation sites excluding steroid dienone is 2. The SMILES string of the molecule is COc1ccc(C2Nc3ccc(OCCCc4ccccc4)cc3C3C=CCC32)cc1OC. The van der Waals surface area contributed by atoms with Gasteiger partial charge in [0.2, 0.25) is 0 Å². The second-order valence-electron chi connectivity index (χ2n) is 8.78. The van der Waals surface area contributed by atoms with Gasteiger partial charge in [0.15, 0.2) is 11.5 Å². The molecule has 0 radical (unpaired) electrons. The largest absolute Gasteiger partial charge is 0.494 e. The summed E-state index contributed by atoms with van der Waals surface area (Å²) in [6.45, 7) is 0.722. The molecular weight excluding hydrogens is 410 g/mol. The summed E-state index contributed by atoms with van der Waals surface area (Å²) >= 11 is 0. The summed E-state index contributed by atoms with van der Waals surface area (Å²) in [5, 5.41) is 3.80. The van der Waals surface area contributed by atoms with Crippen molar-refractivity contribution in [3.63, 3.8) is 0 Å². The number of rotatable bonds is 8. The van der Waals surface area contributed by atoms with Crippen LogP contribution in [0.25, 0.3) is 0 Å². The monoisotopic (exact) mass is 441 g/mol. The number of fused-ring (bicyclic) bond motifs is 3. The molecule has 0 saturated heterocycles. The number of ether oxygens (including phenoxy) is 3. The summed E-state index contributed by atoms with van der Waals surface area (Å²) in [6, 6.07) is 23.5. The summed E-state index contributed by atoms with van der Waals surface area (Å²) in [5.74, 6) is 3.32. The lowest BCUT2D eigenvalue weighted by Gasteiger charge is -2.37. The molecule has 0 bridgehead atoms. The number of hydrogen-bond acceptors (Lipinski definition) is 4. The Hall–Kier alpha value is -3.40. The Labute approximate surface area is 196 Å². The van der Waals surface area contributed by atoms with E-state index in [0.717, 1.165) is 43.1 Å². The third kappa shape index (κ3) is 4.43. The first-order chi connectivity index (χ1) is 16.3. The van der Waals surface area contributed by atoms with Gasteiger partial charge < -0.3 is 19.5 Å². The van der Waals surface area contributed by atoms with E-state index in [9.17, 15) is 0 Å². The highest BCUT2D eigenvalue weighted by Crippen LogP contribution is 2.51. The summed E-state index contributed by atoms with van der Waals surface area (Å²) in [7, 11) is 3.36. The normalized spacial score (nSPS) is 20.5. The molecule has 3 atom stereocenters. The number of methoxy groups -OCH3 is 2. The Balaban J connectivity index is 1.31. The molecule has 5 rings (SSSR count). The zero-order valence-corrected chi connectivity index (χ0v) is 19.3. The molecule has 4 heteroatoms. The maximum Gasteiger partial charge on any atom is 0.161 e. The van der Waals surface area contributed by atoms with Crippen molar-refractivity contribution in [3.8, 4) is 17.2 Å². The van der Waals surface area contributed by atoms with E-state index in [4.69, 9.17) is 14.2 Å². The minimum Gasteiger partial charge on any atom is -0.494 e. The van der Waals surface area contributed by atoms with Crippen LogP contribution in [0, 0.1) is 5.92 Å². The number of aryl methyl sites for hydroxylation is 1. The van der Waals surface area contributed by atoms with Gasteiger partial charge in [-0.1, -0.05) is 48.6 Å². The van der Waals surface area contributed by atoms with E-state index >= 15 is 0 Å². The second kappa shape index (κ2) is 9.62. The molecule has 1 aliphatic carbocycles. The zero-order chi connectivity index (χ0) is 22.6. The van der Waals surface area contributed by atoms with Gasteiger partial charge in [0.1, 0.15) is 5.75 Å². The van der Waals surface area contributed by atoms with Crippen LogP contribution in [0.3, 0.4) is 0 Å². The molecule has 1 heterocycles. The molecule has 0 aromatic heterocycles. The highest BCUT2D eigenvalue weighted by atomic mass is 16.5. The van der Waals surface area contributed by atoms with Crippen LogP contribution < -0.4 is 19.5 Å². The molecule has 1 aliphatic heterocycles. The van der Waals surface area contributed by atoms with Gasteiger partial charge in [-0.2, -0.15) is 0 Å². The lowest BCUT2D eigenvalue weighted by Crippen LogP contribution is -2.29. The van der Waals surface area contributed by atoms with Crippen LogP contribution >= 0.6 is 0 Å². The Kier molecular flexibility index (Phi) is 6.25.